The van der Waals surface area contributed by atoms with Crippen molar-refractivity contribution in [3.8, 4) is 5.75 Å². The molecule has 3 atom stereocenters. The molecule has 2 saturated heterocycles. The number of likely N-dealkylation sites (tertiary alicyclic amines) is 1. The molecular weight excluding hydrogens is 1130 g/mol. The van der Waals surface area contributed by atoms with Gasteiger partial charge in [0.1, 0.15) is 11.9 Å². The molecule has 1 aliphatic carbocycles. The number of unbranched alkanes of at least 4 members (excludes halogenated alkanes) is 2. The molecule has 19 heteroatoms. The van der Waals surface area contributed by atoms with Gasteiger partial charge in [0.05, 0.1) is 5.69 Å². The highest BCUT2D eigenvalue weighted by Gasteiger charge is 2.33. The van der Waals surface area contributed by atoms with E-state index in [2.05, 4.69) is 78.8 Å². The SMILES string of the molecule is CCCCN(CCC)CCC(CSc1ccccc1)Nc1ccc(C(=O)c2ccc(NCCCCNCC3=C(c4ccc(Cl)cc4)CCC(CN4CCC(c5ccc(NC6CCC(=O)NC6=O)cc5F)CC4)C3)cc2)cc1OOSC(F)(F)F. The number of hydrogen-bond acceptors (Lipinski definition) is 13. The third-order valence-corrected chi connectivity index (χ3v) is 17.6. The number of allylic oxidation sites excluding steroid dienone is 1. The Morgan fingerprint density at radius 2 is 1.57 bits per heavy atom. The van der Waals surface area contributed by atoms with Crippen molar-refractivity contribution in [2.45, 2.75) is 126 Å². The number of thioether (sulfide) groups is 1. The number of carbonyl (C=O) groups excluding carboxylic acids is 3. The molecule has 2 fully saturated rings. The van der Waals surface area contributed by atoms with Crippen LogP contribution in [0.1, 0.15) is 130 Å². The molecule has 452 valence electrons. The van der Waals surface area contributed by atoms with Crippen molar-refractivity contribution in [3.05, 3.63) is 154 Å². The van der Waals surface area contributed by atoms with Crippen LogP contribution in [-0.4, -0.2) is 110 Å². The quantitative estimate of drug-likeness (QED) is 0.00409. The second-order valence-electron chi connectivity index (χ2n) is 22.2. The molecule has 0 radical (unpaired) electrons. The van der Waals surface area contributed by atoms with Crippen molar-refractivity contribution in [1.82, 2.24) is 20.4 Å². The summed E-state index contributed by atoms with van der Waals surface area (Å²) in [5.74, 6) is 0.0554. The van der Waals surface area contributed by atoms with E-state index >= 15 is 4.39 Å². The number of hydrogen-bond donors (Lipinski definition) is 5. The molecule has 0 spiro atoms. The van der Waals surface area contributed by atoms with Crippen molar-refractivity contribution in [2.75, 3.05) is 80.6 Å². The Morgan fingerprint density at radius 3 is 2.30 bits per heavy atom. The van der Waals surface area contributed by atoms with Crippen LogP contribution in [0.3, 0.4) is 0 Å². The number of benzene rings is 5. The second kappa shape index (κ2) is 32.8. The number of alkyl halides is 3. The van der Waals surface area contributed by atoms with Gasteiger partial charge in [0.25, 0.3) is 0 Å². The zero-order chi connectivity index (χ0) is 59.3. The van der Waals surface area contributed by atoms with E-state index in [4.69, 9.17) is 16.5 Å². The summed E-state index contributed by atoms with van der Waals surface area (Å²) in [5, 5.41) is 16.9. The van der Waals surface area contributed by atoms with Gasteiger partial charge >= 0.3 is 5.51 Å². The number of anilines is 3. The van der Waals surface area contributed by atoms with E-state index in [0.29, 0.717) is 45.6 Å². The third-order valence-electron chi connectivity index (χ3n) is 15.9. The van der Waals surface area contributed by atoms with E-state index in [1.807, 2.05) is 54.6 Å². The Morgan fingerprint density at radius 1 is 0.821 bits per heavy atom. The van der Waals surface area contributed by atoms with Crippen LogP contribution in [0.5, 0.6) is 5.75 Å². The average Bonchev–Trinajstić information content (AvgIpc) is 3.00. The van der Waals surface area contributed by atoms with Crippen LogP contribution in [-0.2, 0) is 13.9 Å². The first kappa shape index (κ1) is 64.4. The summed E-state index contributed by atoms with van der Waals surface area (Å²) >= 11 is 7.25. The number of amides is 2. The highest BCUT2D eigenvalue weighted by atomic mass is 35.5. The van der Waals surface area contributed by atoms with Gasteiger partial charge < -0.3 is 36.0 Å². The van der Waals surface area contributed by atoms with E-state index in [-0.39, 0.29) is 53.1 Å². The summed E-state index contributed by atoms with van der Waals surface area (Å²) in [6.45, 7) is 12.3. The van der Waals surface area contributed by atoms with Gasteiger partial charge in [0.2, 0.25) is 11.8 Å². The van der Waals surface area contributed by atoms with Crippen LogP contribution in [0.25, 0.3) is 5.57 Å². The van der Waals surface area contributed by atoms with Crippen molar-refractivity contribution in [2.24, 2.45) is 5.92 Å². The first-order valence-corrected chi connectivity index (χ1v) is 31.9. The maximum absolute atomic E-state index is 15.5. The standard InChI is InChI=1S/C65H80ClF4N7O5S2/c1-3-5-35-76(34-4-2)38-31-54(44-83-55-11-7-6-8-12-55)74-59-26-18-49(40-61(59)81-82-84-65(68,69)70)63(79)48-16-21-52(22-17-48)72-33-10-9-32-71-42-50-39-45(13-24-56(50)46-14-19-51(66)20-15-46)43-77-36-29-47(30-37-77)57-25-23-53(41-58(57)67)73-60-27-28-62(78)75-64(60)80/h6-8,11-12,14-23,25-26,40-41,45,47,54,60,71-74H,3-5,9-10,13,24,27-39,42-44H2,1-2H3,(H,75,78,80). The van der Waals surface area contributed by atoms with Crippen molar-refractivity contribution >= 4 is 75.6 Å². The molecule has 3 unspecified atom stereocenters. The van der Waals surface area contributed by atoms with Crippen molar-refractivity contribution in [3.63, 3.8) is 0 Å². The zero-order valence-corrected chi connectivity index (χ0v) is 50.6. The maximum Gasteiger partial charge on any atom is 0.471 e. The first-order valence-electron chi connectivity index (χ1n) is 29.8. The van der Waals surface area contributed by atoms with Crippen LogP contribution in [0.4, 0.5) is 34.6 Å². The van der Waals surface area contributed by atoms with Crippen LogP contribution in [0.2, 0.25) is 5.02 Å². The van der Waals surface area contributed by atoms with Crippen molar-refractivity contribution < 1.29 is 41.2 Å². The summed E-state index contributed by atoms with van der Waals surface area (Å²) in [6, 6.07) is 34.7. The van der Waals surface area contributed by atoms with E-state index in [9.17, 15) is 27.6 Å². The van der Waals surface area contributed by atoms with Crippen LogP contribution in [0, 0.1) is 11.7 Å². The predicted molar refractivity (Wildman–Crippen MR) is 333 cm³/mol. The first-order chi connectivity index (χ1) is 40.7. The molecule has 5 aromatic rings. The maximum atomic E-state index is 15.5. The molecule has 12 nitrogen and oxygen atoms in total. The molecule has 0 aromatic heterocycles. The molecule has 84 heavy (non-hydrogen) atoms. The number of nitrogens with zero attached hydrogens (tertiary/aromatic N) is 2. The summed E-state index contributed by atoms with van der Waals surface area (Å²) in [5.41, 5.74) is 2.54. The lowest BCUT2D eigenvalue weighted by molar-refractivity contribution is -0.133. The fraction of sp³-hybridized carbons (Fsp3) is 0.462. The zero-order valence-electron chi connectivity index (χ0n) is 48.2. The highest BCUT2D eigenvalue weighted by molar-refractivity contribution is 7.99. The predicted octanol–water partition coefficient (Wildman–Crippen LogP) is 14.8. The molecule has 2 amide bonds. The number of imide groups is 1. The van der Waals surface area contributed by atoms with Crippen LogP contribution >= 0.6 is 35.4 Å². The molecule has 5 N–H and O–H groups in total. The molecule has 3 aliphatic rings. The molecule has 0 saturated carbocycles. The fourth-order valence-electron chi connectivity index (χ4n) is 11.4. The third kappa shape index (κ3) is 20.3. The minimum absolute atomic E-state index is 0.0213. The Kier molecular flexibility index (Phi) is 25.1. The van der Waals surface area contributed by atoms with E-state index < -0.39 is 23.6 Å². The van der Waals surface area contributed by atoms with E-state index in [0.717, 1.165) is 140 Å². The number of halogens is 5. The largest absolute Gasteiger partial charge is 0.471 e. The van der Waals surface area contributed by atoms with E-state index in [1.165, 1.54) is 28.8 Å². The normalized spacial score (nSPS) is 17.5. The van der Waals surface area contributed by atoms with Crippen molar-refractivity contribution in [1.29, 1.82) is 0 Å². The van der Waals surface area contributed by atoms with E-state index in [1.54, 1.807) is 36.0 Å². The van der Waals surface area contributed by atoms with Crippen LogP contribution in [0.15, 0.2) is 126 Å². The van der Waals surface area contributed by atoms with Crippen LogP contribution < -0.4 is 31.5 Å². The lowest BCUT2D eigenvalue weighted by Gasteiger charge is -2.36. The second-order valence-corrected chi connectivity index (χ2v) is 24.5. The van der Waals surface area contributed by atoms with Gasteiger partial charge in [-0.3, -0.25) is 19.7 Å². The average molecular weight is 1210 g/mol. The van der Waals surface area contributed by atoms with Gasteiger partial charge in [-0.15, -0.1) is 16.1 Å². The lowest BCUT2D eigenvalue weighted by Crippen LogP contribution is -2.47. The Hall–Kier alpha value is -5.60. The van der Waals surface area contributed by atoms with Gasteiger partial charge in [0, 0.05) is 76.8 Å². The number of nitrogens with one attached hydrogen (secondary N) is 5. The molecule has 5 aromatic carbocycles. The number of piperidine rings is 2. The number of ketones is 1. The molecule has 0 bridgehead atoms. The minimum Gasteiger partial charge on any atom is -0.385 e. The van der Waals surface area contributed by atoms with Gasteiger partial charge in [-0.05, 0) is 211 Å². The lowest BCUT2D eigenvalue weighted by atomic mass is 9.80. The smallest absolute Gasteiger partial charge is 0.385 e. The van der Waals surface area contributed by atoms with Gasteiger partial charge in [-0.1, -0.05) is 73.8 Å². The number of rotatable bonds is 32. The molecule has 2 heterocycles. The monoisotopic (exact) mass is 1210 g/mol. The Labute approximate surface area is 506 Å². The highest BCUT2D eigenvalue weighted by Crippen LogP contribution is 2.39. The minimum atomic E-state index is -4.69. The summed E-state index contributed by atoms with van der Waals surface area (Å²) in [7, 11) is 0. The Balaban J connectivity index is 0.805. The summed E-state index contributed by atoms with van der Waals surface area (Å²) in [4.78, 5) is 49.1. The molecule has 2 aliphatic heterocycles. The summed E-state index contributed by atoms with van der Waals surface area (Å²) < 4.78 is 59.8. The molecular formula is C65H80ClF4N7O5S2. The topological polar surface area (TPSA) is 136 Å². The Bertz CT molecular complexity index is 2930. The van der Waals surface area contributed by atoms with Gasteiger partial charge in [0.15, 0.2) is 23.6 Å². The molecule has 8 rings (SSSR count). The number of carbonyl (C=O) groups is 3. The fourth-order valence-corrected chi connectivity index (χ4v) is 12.7. The van der Waals surface area contributed by atoms with Gasteiger partial charge in [-0.2, -0.15) is 13.2 Å². The van der Waals surface area contributed by atoms with Gasteiger partial charge in [-0.25, -0.2) is 4.39 Å². The summed E-state index contributed by atoms with van der Waals surface area (Å²) in [6.07, 6.45) is 11.3.